The summed E-state index contributed by atoms with van der Waals surface area (Å²) in [6.45, 7) is 5.97. The maximum atomic E-state index is 6.29. The molecule has 0 N–H and O–H groups in total. The Balaban J connectivity index is 1.56. The lowest BCUT2D eigenvalue weighted by molar-refractivity contribution is 0.0661. The van der Waals surface area contributed by atoms with Crippen molar-refractivity contribution in [2.75, 3.05) is 6.61 Å². The fourth-order valence-electron chi connectivity index (χ4n) is 4.10. The molecule has 3 rings (SSSR count). The van der Waals surface area contributed by atoms with Gasteiger partial charge in [-0.2, -0.15) is 0 Å². The van der Waals surface area contributed by atoms with Crippen LogP contribution in [-0.2, 0) is 16.1 Å². The zero-order valence-corrected chi connectivity index (χ0v) is 13.4. The Hall–Kier alpha value is -0.860. The smallest absolute Gasteiger partial charge is 0.121 e. The van der Waals surface area contributed by atoms with Crippen LogP contribution in [0, 0.1) is 5.92 Å². The van der Waals surface area contributed by atoms with Crippen molar-refractivity contribution in [2.45, 2.75) is 70.2 Å². The highest BCUT2D eigenvalue weighted by Gasteiger charge is 2.68. The minimum atomic E-state index is -0.0379. The van der Waals surface area contributed by atoms with Crippen molar-refractivity contribution in [2.24, 2.45) is 5.92 Å². The van der Waals surface area contributed by atoms with Crippen molar-refractivity contribution in [1.82, 2.24) is 0 Å². The van der Waals surface area contributed by atoms with Gasteiger partial charge in [0, 0.05) is 0 Å². The molecule has 2 fully saturated rings. The van der Waals surface area contributed by atoms with Gasteiger partial charge in [0.05, 0.1) is 13.2 Å². The summed E-state index contributed by atoms with van der Waals surface area (Å²) in [4.78, 5) is 0. The van der Waals surface area contributed by atoms with Gasteiger partial charge < -0.3 is 9.47 Å². The van der Waals surface area contributed by atoms with Crippen molar-refractivity contribution in [3.63, 3.8) is 0 Å². The summed E-state index contributed by atoms with van der Waals surface area (Å²) in [6, 6.07) is 10.4. The van der Waals surface area contributed by atoms with Crippen LogP contribution in [0.1, 0.15) is 57.9 Å². The topological polar surface area (TPSA) is 21.8 Å². The number of hydrogen-bond acceptors (Lipinski definition) is 2. The summed E-state index contributed by atoms with van der Waals surface area (Å²) in [5, 5.41) is 0. The zero-order chi connectivity index (χ0) is 14.8. The third kappa shape index (κ3) is 2.89. The van der Waals surface area contributed by atoms with E-state index in [-0.39, 0.29) is 11.2 Å². The van der Waals surface area contributed by atoms with Crippen LogP contribution < -0.4 is 0 Å². The molecule has 1 saturated heterocycles. The minimum Gasteiger partial charge on any atom is -0.374 e. The van der Waals surface area contributed by atoms with Gasteiger partial charge >= 0.3 is 0 Å². The molecule has 2 nitrogen and oxygen atoms in total. The molecule has 0 bridgehead atoms. The van der Waals surface area contributed by atoms with E-state index in [1.807, 2.05) is 6.07 Å². The van der Waals surface area contributed by atoms with Crippen molar-refractivity contribution >= 4 is 0 Å². The van der Waals surface area contributed by atoms with Crippen LogP contribution in [0.4, 0.5) is 0 Å². The van der Waals surface area contributed by atoms with Crippen LogP contribution in [0.3, 0.4) is 0 Å². The summed E-state index contributed by atoms with van der Waals surface area (Å²) >= 11 is 0. The SMILES string of the molecule is CC[C@]1(COCc2ccccc2)O[C@]1(C)C1CCCCC1. The lowest BCUT2D eigenvalue weighted by Gasteiger charge is -2.28. The minimum absolute atomic E-state index is 0.0379. The molecule has 0 radical (unpaired) electrons. The highest BCUT2D eigenvalue weighted by molar-refractivity contribution is 5.17. The summed E-state index contributed by atoms with van der Waals surface area (Å²) in [6.07, 6.45) is 7.85. The van der Waals surface area contributed by atoms with E-state index >= 15 is 0 Å². The van der Waals surface area contributed by atoms with E-state index in [2.05, 4.69) is 38.1 Å². The molecule has 1 heterocycles. The lowest BCUT2D eigenvalue weighted by Crippen LogP contribution is -2.35. The van der Waals surface area contributed by atoms with Gasteiger partial charge in [-0.3, -0.25) is 0 Å². The summed E-state index contributed by atoms with van der Waals surface area (Å²) < 4.78 is 12.3. The van der Waals surface area contributed by atoms with Crippen molar-refractivity contribution < 1.29 is 9.47 Å². The molecule has 116 valence electrons. The van der Waals surface area contributed by atoms with Gasteiger partial charge in [-0.05, 0) is 37.7 Å². The molecule has 1 saturated carbocycles. The van der Waals surface area contributed by atoms with E-state index < -0.39 is 0 Å². The van der Waals surface area contributed by atoms with E-state index in [1.54, 1.807) is 0 Å². The van der Waals surface area contributed by atoms with E-state index in [1.165, 1.54) is 37.7 Å². The molecule has 2 heteroatoms. The van der Waals surface area contributed by atoms with Gasteiger partial charge in [0.1, 0.15) is 11.2 Å². The molecule has 1 aliphatic heterocycles. The van der Waals surface area contributed by atoms with Crippen LogP contribution in [0.5, 0.6) is 0 Å². The first-order chi connectivity index (χ1) is 10.2. The molecule has 2 aliphatic rings. The molecule has 0 unspecified atom stereocenters. The number of epoxide rings is 1. The zero-order valence-electron chi connectivity index (χ0n) is 13.4. The van der Waals surface area contributed by atoms with Crippen molar-refractivity contribution in [1.29, 1.82) is 0 Å². The fourth-order valence-corrected chi connectivity index (χ4v) is 4.10. The molecular weight excluding hydrogens is 260 g/mol. The van der Waals surface area contributed by atoms with Crippen molar-refractivity contribution in [3.05, 3.63) is 35.9 Å². The number of benzene rings is 1. The summed E-state index contributed by atoms with van der Waals surface area (Å²) in [7, 11) is 0. The van der Waals surface area contributed by atoms with Gasteiger partial charge in [0.25, 0.3) is 0 Å². The van der Waals surface area contributed by atoms with Gasteiger partial charge in [-0.15, -0.1) is 0 Å². The van der Waals surface area contributed by atoms with Gasteiger partial charge in [0.2, 0.25) is 0 Å². The van der Waals surface area contributed by atoms with Crippen LogP contribution in [0.25, 0.3) is 0 Å². The quantitative estimate of drug-likeness (QED) is 0.706. The number of hydrogen-bond donors (Lipinski definition) is 0. The van der Waals surface area contributed by atoms with Gasteiger partial charge in [-0.1, -0.05) is 56.5 Å². The molecule has 1 aromatic carbocycles. The Labute approximate surface area is 128 Å². The first-order valence-electron chi connectivity index (χ1n) is 8.52. The molecule has 0 spiro atoms. The Morgan fingerprint density at radius 3 is 2.52 bits per heavy atom. The third-order valence-electron chi connectivity index (χ3n) is 5.67. The molecule has 2 atom stereocenters. The Morgan fingerprint density at radius 2 is 1.86 bits per heavy atom. The Bertz CT molecular complexity index is 452. The molecule has 0 amide bonds. The first kappa shape index (κ1) is 15.1. The molecule has 1 aliphatic carbocycles. The average Bonchev–Trinajstić information content (AvgIpc) is 3.16. The molecular formula is C19H28O2. The monoisotopic (exact) mass is 288 g/mol. The molecule has 0 aromatic heterocycles. The second kappa shape index (κ2) is 6.10. The third-order valence-corrected chi connectivity index (χ3v) is 5.67. The van der Waals surface area contributed by atoms with E-state index in [0.717, 1.165) is 18.9 Å². The highest BCUT2D eigenvalue weighted by Crippen LogP contribution is 2.58. The maximum Gasteiger partial charge on any atom is 0.121 e. The average molecular weight is 288 g/mol. The number of ether oxygens (including phenoxy) is 2. The highest BCUT2D eigenvalue weighted by atomic mass is 16.7. The van der Waals surface area contributed by atoms with E-state index in [0.29, 0.717) is 6.61 Å². The Kier molecular flexibility index (Phi) is 4.37. The van der Waals surface area contributed by atoms with Crippen LogP contribution in [-0.4, -0.2) is 17.8 Å². The summed E-state index contributed by atoms with van der Waals surface area (Å²) in [5.41, 5.74) is 1.26. The standard InChI is InChI=1S/C19H28O2/c1-3-19(15-20-14-16-10-6-4-7-11-16)18(2,21-19)17-12-8-5-9-13-17/h4,6-7,10-11,17H,3,5,8-9,12-15H2,1-2H3/t18-,19-/m1/s1. The van der Waals surface area contributed by atoms with Crippen LogP contribution in [0.2, 0.25) is 0 Å². The lowest BCUT2D eigenvalue weighted by atomic mass is 9.74. The van der Waals surface area contributed by atoms with Gasteiger partial charge in [-0.25, -0.2) is 0 Å². The maximum absolute atomic E-state index is 6.29. The van der Waals surface area contributed by atoms with Crippen LogP contribution >= 0.6 is 0 Å². The van der Waals surface area contributed by atoms with Gasteiger partial charge in [0.15, 0.2) is 0 Å². The number of rotatable bonds is 6. The normalized spacial score (nSPS) is 33.0. The molecule has 1 aromatic rings. The van der Waals surface area contributed by atoms with Crippen LogP contribution in [0.15, 0.2) is 30.3 Å². The second-order valence-electron chi connectivity index (χ2n) is 6.87. The Morgan fingerprint density at radius 1 is 1.14 bits per heavy atom. The fraction of sp³-hybridized carbons (Fsp3) is 0.684. The second-order valence-corrected chi connectivity index (χ2v) is 6.87. The largest absolute Gasteiger partial charge is 0.374 e. The predicted molar refractivity (Wildman–Crippen MR) is 85.2 cm³/mol. The molecule has 21 heavy (non-hydrogen) atoms. The van der Waals surface area contributed by atoms with Crippen molar-refractivity contribution in [3.8, 4) is 0 Å². The first-order valence-corrected chi connectivity index (χ1v) is 8.52. The summed E-state index contributed by atoms with van der Waals surface area (Å²) in [5.74, 6) is 0.728. The predicted octanol–water partition coefficient (Wildman–Crippen LogP) is 4.72. The van der Waals surface area contributed by atoms with E-state index in [9.17, 15) is 0 Å². The van der Waals surface area contributed by atoms with E-state index in [4.69, 9.17) is 9.47 Å².